The largest absolute Gasteiger partial charge is 0.486 e. The quantitative estimate of drug-likeness (QED) is 0.635. The minimum absolute atomic E-state index is 0.0902. The molecule has 0 aromatic heterocycles. The van der Waals surface area contributed by atoms with Gasteiger partial charge in [-0.05, 0) is 49.2 Å². The molecule has 3 rings (SSSR count). The summed E-state index contributed by atoms with van der Waals surface area (Å²) < 4.78 is 11.3. The second kappa shape index (κ2) is 9.77. The number of ether oxygens (including phenoxy) is 2. The Balaban J connectivity index is 1.71. The summed E-state index contributed by atoms with van der Waals surface area (Å²) in [5, 5.41) is 0.688. The van der Waals surface area contributed by atoms with Crippen molar-refractivity contribution in [2.75, 3.05) is 20.2 Å². The molecule has 27 heavy (non-hydrogen) atoms. The van der Waals surface area contributed by atoms with Crippen LogP contribution in [0, 0.1) is 0 Å². The fourth-order valence-electron chi connectivity index (χ4n) is 3.58. The van der Waals surface area contributed by atoms with Crippen LogP contribution in [0.25, 0.3) is 0 Å². The zero-order valence-electron chi connectivity index (χ0n) is 15.6. The lowest BCUT2D eigenvalue weighted by Gasteiger charge is -2.34. The van der Waals surface area contributed by atoms with E-state index in [2.05, 4.69) is 17.0 Å². The second-order valence-electron chi connectivity index (χ2n) is 6.83. The van der Waals surface area contributed by atoms with Crippen LogP contribution in [0.4, 0.5) is 0 Å². The van der Waals surface area contributed by atoms with E-state index in [-0.39, 0.29) is 18.1 Å². The maximum absolute atomic E-state index is 12.1. The average Bonchev–Trinajstić information content (AvgIpc) is 2.73. The van der Waals surface area contributed by atoms with E-state index in [9.17, 15) is 4.79 Å². The smallest absolute Gasteiger partial charge is 0.323 e. The number of benzene rings is 2. The predicted molar refractivity (Wildman–Crippen MR) is 107 cm³/mol. The van der Waals surface area contributed by atoms with Gasteiger partial charge >= 0.3 is 5.97 Å². The molecule has 0 saturated carbocycles. The van der Waals surface area contributed by atoms with Gasteiger partial charge in [0, 0.05) is 18.0 Å². The normalized spacial score (nSPS) is 18.7. The Hall–Kier alpha value is -2.04. The number of rotatable bonds is 7. The molecule has 144 valence electrons. The third-order valence-electron chi connectivity index (χ3n) is 5.03. The van der Waals surface area contributed by atoms with Gasteiger partial charge in [-0.25, -0.2) is 0 Å². The van der Waals surface area contributed by atoms with Crippen LogP contribution < -0.4 is 4.74 Å². The third-order valence-corrected chi connectivity index (χ3v) is 5.28. The van der Waals surface area contributed by atoms with Gasteiger partial charge in [-0.1, -0.05) is 48.4 Å². The third kappa shape index (κ3) is 5.47. The zero-order chi connectivity index (χ0) is 19.1. The van der Waals surface area contributed by atoms with Crippen LogP contribution in [0.5, 0.6) is 5.75 Å². The fraction of sp³-hybridized carbons (Fsp3) is 0.409. The molecule has 1 fully saturated rings. The molecule has 1 aliphatic heterocycles. The minimum atomic E-state index is -0.143. The summed E-state index contributed by atoms with van der Waals surface area (Å²) in [7, 11) is 1.46. The Morgan fingerprint density at radius 1 is 1.15 bits per heavy atom. The molecule has 2 aromatic rings. The Labute approximate surface area is 166 Å². The van der Waals surface area contributed by atoms with Crippen LogP contribution >= 0.6 is 11.6 Å². The van der Waals surface area contributed by atoms with Crippen molar-refractivity contribution in [3.8, 4) is 5.75 Å². The molecule has 0 spiro atoms. The molecular weight excluding hydrogens is 362 g/mol. The Kier molecular flexibility index (Phi) is 7.13. The number of carbonyl (C=O) groups is 1. The van der Waals surface area contributed by atoms with Crippen LogP contribution in [-0.4, -0.2) is 37.1 Å². The molecule has 1 saturated heterocycles. The summed E-state index contributed by atoms with van der Waals surface area (Å²) >= 11 is 5.98. The Bertz CT molecular complexity index is 720. The fourth-order valence-corrected chi connectivity index (χ4v) is 3.71. The van der Waals surface area contributed by atoms with Gasteiger partial charge in [0.1, 0.15) is 17.9 Å². The van der Waals surface area contributed by atoms with Crippen LogP contribution in [0.15, 0.2) is 54.6 Å². The van der Waals surface area contributed by atoms with Crippen molar-refractivity contribution >= 4 is 17.6 Å². The average molecular weight is 388 g/mol. The summed E-state index contributed by atoms with van der Waals surface area (Å²) in [6.45, 7) is 1.70. The molecule has 0 radical (unpaired) electrons. The number of likely N-dealkylation sites (tertiary alicyclic amines) is 1. The number of carbonyl (C=O) groups excluding carboxylic acids is 1. The number of methoxy groups -OCH3 is 1. The van der Waals surface area contributed by atoms with E-state index < -0.39 is 0 Å². The number of nitrogens with zero attached hydrogens (tertiary/aromatic N) is 1. The van der Waals surface area contributed by atoms with Crippen molar-refractivity contribution in [3.05, 3.63) is 65.2 Å². The molecule has 2 unspecified atom stereocenters. The molecule has 1 aliphatic rings. The maximum atomic E-state index is 12.1. The van der Waals surface area contributed by atoms with Gasteiger partial charge in [0.25, 0.3) is 0 Å². The maximum Gasteiger partial charge on any atom is 0.323 e. The van der Waals surface area contributed by atoms with Gasteiger partial charge in [0.15, 0.2) is 0 Å². The highest BCUT2D eigenvalue weighted by Gasteiger charge is 2.30. The van der Waals surface area contributed by atoms with Gasteiger partial charge in [-0.15, -0.1) is 0 Å². The number of piperidine rings is 1. The number of hydrogen-bond donors (Lipinski definition) is 0. The minimum Gasteiger partial charge on any atom is -0.486 e. The molecule has 0 aliphatic carbocycles. The SMILES string of the molecule is COC(=O)C1CCCCN1CCC(Oc1ccc(Cl)cc1)c1ccccc1. The van der Waals surface area contributed by atoms with E-state index in [0.29, 0.717) is 5.02 Å². The molecule has 2 aromatic carbocycles. The predicted octanol–water partition coefficient (Wildman–Crippen LogP) is 4.88. The molecule has 1 heterocycles. The number of hydrogen-bond acceptors (Lipinski definition) is 4. The highest BCUT2D eigenvalue weighted by Crippen LogP contribution is 2.27. The van der Waals surface area contributed by atoms with Gasteiger partial charge in [0.2, 0.25) is 0 Å². The standard InChI is InChI=1S/C22H26ClNO3/c1-26-22(25)20-9-5-6-15-24(20)16-14-21(17-7-3-2-4-8-17)27-19-12-10-18(23)11-13-19/h2-4,7-8,10-13,20-21H,5-6,9,14-16H2,1H3. The summed E-state index contributed by atoms with van der Waals surface area (Å²) in [6.07, 6.45) is 3.75. The molecule has 0 bridgehead atoms. The first-order valence-electron chi connectivity index (χ1n) is 9.46. The molecule has 2 atom stereocenters. The first kappa shape index (κ1) is 19.7. The summed E-state index contributed by atoms with van der Waals surface area (Å²) in [5.41, 5.74) is 1.12. The van der Waals surface area contributed by atoms with E-state index in [0.717, 1.165) is 50.1 Å². The number of esters is 1. The van der Waals surface area contributed by atoms with Gasteiger partial charge in [0.05, 0.1) is 7.11 Å². The van der Waals surface area contributed by atoms with Crippen molar-refractivity contribution < 1.29 is 14.3 Å². The molecule has 0 amide bonds. The van der Waals surface area contributed by atoms with Crippen LogP contribution in [-0.2, 0) is 9.53 Å². The highest BCUT2D eigenvalue weighted by molar-refractivity contribution is 6.30. The molecule has 4 nitrogen and oxygen atoms in total. The van der Waals surface area contributed by atoms with Crippen LogP contribution in [0.1, 0.15) is 37.4 Å². The van der Waals surface area contributed by atoms with E-state index in [1.807, 2.05) is 42.5 Å². The van der Waals surface area contributed by atoms with Crippen molar-refractivity contribution in [2.45, 2.75) is 37.8 Å². The Morgan fingerprint density at radius 3 is 2.59 bits per heavy atom. The lowest BCUT2D eigenvalue weighted by Crippen LogP contribution is -2.46. The number of halogens is 1. The first-order chi connectivity index (χ1) is 13.2. The van der Waals surface area contributed by atoms with Crippen LogP contribution in [0.2, 0.25) is 5.02 Å². The lowest BCUT2D eigenvalue weighted by molar-refractivity contribution is -0.148. The monoisotopic (exact) mass is 387 g/mol. The highest BCUT2D eigenvalue weighted by atomic mass is 35.5. The van der Waals surface area contributed by atoms with Crippen molar-refractivity contribution in [2.24, 2.45) is 0 Å². The first-order valence-corrected chi connectivity index (χ1v) is 9.84. The van der Waals surface area contributed by atoms with Crippen LogP contribution in [0.3, 0.4) is 0 Å². The van der Waals surface area contributed by atoms with Crippen molar-refractivity contribution in [1.82, 2.24) is 4.90 Å². The van der Waals surface area contributed by atoms with E-state index in [1.54, 1.807) is 0 Å². The second-order valence-corrected chi connectivity index (χ2v) is 7.27. The zero-order valence-corrected chi connectivity index (χ0v) is 16.4. The van der Waals surface area contributed by atoms with Crippen molar-refractivity contribution in [1.29, 1.82) is 0 Å². The van der Waals surface area contributed by atoms with Crippen molar-refractivity contribution in [3.63, 3.8) is 0 Å². The van der Waals surface area contributed by atoms with E-state index in [4.69, 9.17) is 21.1 Å². The van der Waals surface area contributed by atoms with E-state index in [1.165, 1.54) is 7.11 Å². The van der Waals surface area contributed by atoms with Gasteiger partial charge in [-0.2, -0.15) is 0 Å². The molecule has 5 heteroatoms. The summed E-state index contributed by atoms with van der Waals surface area (Å²) in [5.74, 6) is 0.654. The topological polar surface area (TPSA) is 38.8 Å². The lowest BCUT2D eigenvalue weighted by atomic mass is 10.0. The van der Waals surface area contributed by atoms with Gasteiger partial charge < -0.3 is 9.47 Å². The molecule has 0 N–H and O–H groups in total. The molecular formula is C22H26ClNO3. The Morgan fingerprint density at radius 2 is 1.89 bits per heavy atom. The van der Waals surface area contributed by atoms with E-state index >= 15 is 0 Å². The summed E-state index contributed by atoms with van der Waals surface area (Å²) in [4.78, 5) is 14.3. The van der Waals surface area contributed by atoms with Gasteiger partial charge in [-0.3, -0.25) is 9.69 Å². The summed E-state index contributed by atoms with van der Waals surface area (Å²) in [6, 6.07) is 17.5.